The van der Waals surface area contributed by atoms with Gasteiger partial charge in [-0.1, -0.05) is 48.9 Å². The quantitative estimate of drug-likeness (QED) is 0.687. The van der Waals surface area contributed by atoms with Gasteiger partial charge in [-0.25, -0.2) is 0 Å². The maximum absolute atomic E-state index is 6.11. The fourth-order valence-electron chi connectivity index (χ4n) is 2.33. The minimum Gasteiger partial charge on any atom is -0.493 e. The average molecular weight is 318 g/mol. The van der Waals surface area contributed by atoms with Crippen molar-refractivity contribution in [2.24, 2.45) is 0 Å². The van der Waals surface area contributed by atoms with Gasteiger partial charge in [0.1, 0.15) is 5.75 Å². The maximum Gasteiger partial charge on any atom is 0.122 e. The molecule has 0 unspecified atom stereocenters. The van der Waals surface area contributed by atoms with Gasteiger partial charge in [0, 0.05) is 11.4 Å². The molecule has 0 atom stereocenters. The molecule has 0 amide bonds. The Kier molecular flexibility index (Phi) is 7.27. The van der Waals surface area contributed by atoms with Crippen LogP contribution in [0, 0.1) is 0 Å². The molecule has 0 aromatic heterocycles. The second kappa shape index (κ2) is 9.50. The zero-order valence-corrected chi connectivity index (χ0v) is 13.9. The summed E-state index contributed by atoms with van der Waals surface area (Å²) in [4.78, 5) is 0. The molecule has 0 fully saturated rings. The Balaban J connectivity index is 1.88. The van der Waals surface area contributed by atoms with E-state index in [-0.39, 0.29) is 0 Å². The molecule has 1 N–H and O–H groups in total. The molecule has 2 aromatic rings. The molecule has 0 bridgehead atoms. The number of nitrogens with one attached hydrogen (secondary N) is 1. The zero-order chi connectivity index (χ0) is 15.6. The highest BCUT2D eigenvalue weighted by Crippen LogP contribution is 2.23. The summed E-state index contributed by atoms with van der Waals surface area (Å²) in [6.45, 7) is 4.85. The molecule has 0 aliphatic carbocycles. The first kappa shape index (κ1) is 16.9. The fourth-order valence-corrected chi connectivity index (χ4v) is 2.53. The number of benzene rings is 2. The zero-order valence-electron chi connectivity index (χ0n) is 13.1. The molecule has 2 aromatic carbocycles. The average Bonchev–Trinajstić information content (AvgIpc) is 2.54. The predicted octanol–water partition coefficient (Wildman–Crippen LogP) is 4.50. The summed E-state index contributed by atoms with van der Waals surface area (Å²) in [5, 5.41) is 4.18. The minimum absolute atomic E-state index is 0.682. The van der Waals surface area contributed by atoms with Crippen molar-refractivity contribution in [2.45, 2.75) is 26.2 Å². The molecule has 0 radical (unpaired) electrons. The summed E-state index contributed by atoms with van der Waals surface area (Å²) in [5.74, 6) is 0.943. The molecule has 3 heteroatoms. The van der Waals surface area contributed by atoms with E-state index < -0.39 is 0 Å². The number of halogens is 1. The second-order valence-electron chi connectivity index (χ2n) is 5.34. The van der Waals surface area contributed by atoms with Crippen molar-refractivity contribution < 1.29 is 4.74 Å². The smallest absolute Gasteiger partial charge is 0.122 e. The summed E-state index contributed by atoms with van der Waals surface area (Å²) >= 11 is 6.11. The SMILES string of the molecule is CCCNCCc1cc(Cl)ccc1OCCc1ccccc1. The van der Waals surface area contributed by atoms with Crippen molar-refractivity contribution in [1.82, 2.24) is 5.32 Å². The number of hydrogen-bond donors (Lipinski definition) is 1. The van der Waals surface area contributed by atoms with E-state index in [4.69, 9.17) is 16.3 Å². The van der Waals surface area contributed by atoms with Crippen molar-refractivity contribution in [3.05, 3.63) is 64.7 Å². The lowest BCUT2D eigenvalue weighted by atomic mass is 10.1. The van der Waals surface area contributed by atoms with E-state index in [0.29, 0.717) is 6.61 Å². The maximum atomic E-state index is 6.11. The Hall–Kier alpha value is -1.51. The van der Waals surface area contributed by atoms with E-state index in [0.717, 1.165) is 43.1 Å². The molecule has 0 aliphatic rings. The van der Waals surface area contributed by atoms with Crippen LogP contribution in [0.25, 0.3) is 0 Å². The van der Waals surface area contributed by atoms with Crippen LogP contribution in [0.5, 0.6) is 5.75 Å². The molecular formula is C19H24ClNO. The van der Waals surface area contributed by atoms with Crippen LogP contribution in [0.3, 0.4) is 0 Å². The summed E-state index contributed by atoms with van der Waals surface area (Å²) < 4.78 is 5.97. The fraction of sp³-hybridized carbons (Fsp3) is 0.368. The molecule has 0 aliphatic heterocycles. The summed E-state index contributed by atoms with van der Waals surface area (Å²) in [6, 6.07) is 16.3. The van der Waals surface area contributed by atoms with Crippen LogP contribution in [0.4, 0.5) is 0 Å². The van der Waals surface area contributed by atoms with Crippen LogP contribution < -0.4 is 10.1 Å². The van der Waals surface area contributed by atoms with Gasteiger partial charge >= 0.3 is 0 Å². The standard InChI is InChI=1S/C19H24ClNO/c1-2-12-21-13-10-17-15-18(20)8-9-19(17)22-14-11-16-6-4-3-5-7-16/h3-9,15,21H,2,10-14H2,1H3. The van der Waals surface area contributed by atoms with Crippen LogP contribution in [0.1, 0.15) is 24.5 Å². The van der Waals surface area contributed by atoms with Gasteiger partial charge in [0.05, 0.1) is 6.61 Å². The number of rotatable bonds is 9. The Bertz CT molecular complexity index is 557. The molecule has 0 saturated heterocycles. The van der Waals surface area contributed by atoms with Gasteiger partial charge in [0.15, 0.2) is 0 Å². The van der Waals surface area contributed by atoms with E-state index in [1.807, 2.05) is 24.3 Å². The van der Waals surface area contributed by atoms with Gasteiger partial charge in [0.2, 0.25) is 0 Å². The van der Waals surface area contributed by atoms with E-state index >= 15 is 0 Å². The minimum atomic E-state index is 0.682. The van der Waals surface area contributed by atoms with Gasteiger partial charge < -0.3 is 10.1 Å². The van der Waals surface area contributed by atoms with Crippen LogP contribution in [0.15, 0.2) is 48.5 Å². The van der Waals surface area contributed by atoms with E-state index in [2.05, 4.69) is 36.5 Å². The Labute approximate surface area is 138 Å². The Morgan fingerprint density at radius 3 is 2.59 bits per heavy atom. The van der Waals surface area contributed by atoms with Crippen LogP contribution >= 0.6 is 11.6 Å². The molecule has 0 saturated carbocycles. The molecule has 22 heavy (non-hydrogen) atoms. The van der Waals surface area contributed by atoms with E-state index in [1.54, 1.807) is 0 Å². The third-order valence-corrected chi connectivity index (χ3v) is 3.75. The normalized spacial score (nSPS) is 10.6. The van der Waals surface area contributed by atoms with Crippen LogP contribution in [-0.4, -0.2) is 19.7 Å². The van der Waals surface area contributed by atoms with Crippen LogP contribution in [-0.2, 0) is 12.8 Å². The largest absolute Gasteiger partial charge is 0.493 e. The van der Waals surface area contributed by atoms with Crippen molar-refractivity contribution in [1.29, 1.82) is 0 Å². The lowest BCUT2D eigenvalue weighted by molar-refractivity contribution is 0.318. The number of hydrogen-bond acceptors (Lipinski definition) is 2. The number of ether oxygens (including phenoxy) is 1. The summed E-state index contributed by atoms with van der Waals surface area (Å²) in [7, 11) is 0. The van der Waals surface area contributed by atoms with Gasteiger partial charge in [-0.15, -0.1) is 0 Å². The lowest BCUT2D eigenvalue weighted by Gasteiger charge is -2.12. The summed E-state index contributed by atoms with van der Waals surface area (Å²) in [6.07, 6.45) is 2.99. The van der Waals surface area contributed by atoms with Gasteiger partial charge in [-0.2, -0.15) is 0 Å². The van der Waals surface area contributed by atoms with Crippen molar-refractivity contribution in [3.8, 4) is 5.75 Å². The highest BCUT2D eigenvalue weighted by Gasteiger charge is 2.05. The third-order valence-electron chi connectivity index (χ3n) is 3.51. The topological polar surface area (TPSA) is 21.3 Å². The highest BCUT2D eigenvalue weighted by molar-refractivity contribution is 6.30. The predicted molar refractivity (Wildman–Crippen MR) is 94.0 cm³/mol. The van der Waals surface area contributed by atoms with Crippen molar-refractivity contribution >= 4 is 11.6 Å². The van der Waals surface area contributed by atoms with Gasteiger partial charge in [-0.3, -0.25) is 0 Å². The summed E-state index contributed by atoms with van der Waals surface area (Å²) in [5.41, 5.74) is 2.46. The van der Waals surface area contributed by atoms with Crippen molar-refractivity contribution in [3.63, 3.8) is 0 Å². The monoisotopic (exact) mass is 317 g/mol. The van der Waals surface area contributed by atoms with Crippen LogP contribution in [0.2, 0.25) is 5.02 Å². The molecular weight excluding hydrogens is 294 g/mol. The first-order chi connectivity index (χ1) is 10.8. The molecule has 2 nitrogen and oxygen atoms in total. The first-order valence-corrected chi connectivity index (χ1v) is 8.33. The Morgan fingerprint density at radius 1 is 1.00 bits per heavy atom. The van der Waals surface area contributed by atoms with E-state index in [1.165, 1.54) is 11.1 Å². The second-order valence-corrected chi connectivity index (χ2v) is 5.77. The lowest BCUT2D eigenvalue weighted by Crippen LogP contribution is -2.18. The molecule has 0 spiro atoms. The first-order valence-electron chi connectivity index (χ1n) is 7.95. The van der Waals surface area contributed by atoms with Gasteiger partial charge in [0.25, 0.3) is 0 Å². The van der Waals surface area contributed by atoms with Crippen molar-refractivity contribution in [2.75, 3.05) is 19.7 Å². The highest BCUT2D eigenvalue weighted by atomic mass is 35.5. The molecule has 2 rings (SSSR count). The molecule has 0 heterocycles. The van der Waals surface area contributed by atoms with Gasteiger partial charge in [-0.05, 0) is 55.3 Å². The third kappa shape index (κ3) is 5.70. The van der Waals surface area contributed by atoms with E-state index in [9.17, 15) is 0 Å². The Morgan fingerprint density at radius 2 is 1.82 bits per heavy atom. The molecule has 118 valence electrons.